The Kier molecular flexibility index (Phi) is 5.84. The van der Waals surface area contributed by atoms with Gasteiger partial charge in [0, 0.05) is 31.6 Å². The van der Waals surface area contributed by atoms with Crippen molar-refractivity contribution in [3.8, 4) is 0 Å². The number of hydrogen-bond donors (Lipinski definition) is 2. The Hall–Kier alpha value is -1.10. The minimum absolute atomic E-state index is 0.0902. The van der Waals surface area contributed by atoms with E-state index in [-0.39, 0.29) is 17.2 Å². The molecule has 0 radical (unpaired) electrons. The van der Waals surface area contributed by atoms with Gasteiger partial charge in [-0.15, -0.1) is 0 Å². The second-order valence-electron chi connectivity index (χ2n) is 7.80. The Morgan fingerprint density at radius 1 is 1.23 bits per heavy atom. The largest absolute Gasteiger partial charge is 0.355 e. The molecule has 2 N–H and O–H groups in total. The molecule has 0 aromatic carbocycles. The van der Waals surface area contributed by atoms with Crippen molar-refractivity contribution < 1.29 is 9.59 Å². The van der Waals surface area contributed by atoms with E-state index in [0.29, 0.717) is 18.4 Å². The fourth-order valence-corrected chi connectivity index (χ4v) is 3.25. The van der Waals surface area contributed by atoms with Crippen molar-refractivity contribution in [3.63, 3.8) is 0 Å². The zero-order chi connectivity index (χ0) is 16.2. The SMILES string of the molecule is CC(C)(C)C(=O)NCC1CCCN(C(=O)C2CCCNC2)C1. The summed E-state index contributed by atoms with van der Waals surface area (Å²) in [6.45, 7) is 9.98. The van der Waals surface area contributed by atoms with Crippen molar-refractivity contribution in [1.82, 2.24) is 15.5 Å². The Balaban J connectivity index is 1.81. The minimum atomic E-state index is -0.349. The third-order valence-electron chi connectivity index (χ3n) is 4.71. The summed E-state index contributed by atoms with van der Waals surface area (Å²) in [7, 11) is 0. The quantitative estimate of drug-likeness (QED) is 0.828. The first-order valence-electron chi connectivity index (χ1n) is 8.65. The lowest BCUT2D eigenvalue weighted by Crippen LogP contribution is -2.49. The summed E-state index contributed by atoms with van der Waals surface area (Å²) >= 11 is 0. The van der Waals surface area contributed by atoms with Crippen LogP contribution in [0, 0.1) is 17.3 Å². The lowest BCUT2D eigenvalue weighted by Gasteiger charge is -2.36. The summed E-state index contributed by atoms with van der Waals surface area (Å²) in [5.41, 5.74) is -0.349. The first-order chi connectivity index (χ1) is 10.4. The molecule has 2 aliphatic rings. The van der Waals surface area contributed by atoms with Crippen molar-refractivity contribution >= 4 is 11.8 Å². The monoisotopic (exact) mass is 309 g/mol. The Labute approximate surface area is 134 Å². The van der Waals surface area contributed by atoms with Crippen LogP contribution < -0.4 is 10.6 Å². The predicted molar refractivity (Wildman–Crippen MR) is 87.4 cm³/mol. The minimum Gasteiger partial charge on any atom is -0.355 e. The van der Waals surface area contributed by atoms with Gasteiger partial charge in [0.25, 0.3) is 0 Å². The van der Waals surface area contributed by atoms with Gasteiger partial charge in [0.2, 0.25) is 11.8 Å². The second-order valence-corrected chi connectivity index (χ2v) is 7.80. The van der Waals surface area contributed by atoms with Crippen LogP contribution in [-0.4, -0.2) is 49.4 Å². The van der Waals surface area contributed by atoms with Crippen LogP contribution in [0.2, 0.25) is 0 Å². The van der Waals surface area contributed by atoms with Gasteiger partial charge in [0.05, 0.1) is 5.92 Å². The molecule has 2 heterocycles. The molecule has 126 valence electrons. The zero-order valence-electron chi connectivity index (χ0n) is 14.3. The second kappa shape index (κ2) is 7.44. The van der Waals surface area contributed by atoms with Crippen LogP contribution in [-0.2, 0) is 9.59 Å². The summed E-state index contributed by atoms with van der Waals surface area (Å²) in [4.78, 5) is 26.6. The number of carbonyl (C=O) groups excluding carboxylic acids is 2. The molecule has 5 nitrogen and oxygen atoms in total. The smallest absolute Gasteiger partial charge is 0.226 e. The molecule has 0 bridgehead atoms. The summed E-state index contributed by atoms with van der Waals surface area (Å²) in [5, 5.41) is 6.36. The van der Waals surface area contributed by atoms with Crippen molar-refractivity contribution in [1.29, 1.82) is 0 Å². The molecule has 0 saturated carbocycles. The fraction of sp³-hybridized carbons (Fsp3) is 0.882. The number of piperidine rings is 2. The van der Waals surface area contributed by atoms with Crippen molar-refractivity contribution in [2.45, 2.75) is 46.5 Å². The standard InChI is InChI=1S/C17H31N3O2/c1-17(2,3)16(22)19-10-13-6-5-9-20(12-13)15(21)14-7-4-8-18-11-14/h13-14,18H,4-12H2,1-3H3,(H,19,22). The average Bonchev–Trinajstić information content (AvgIpc) is 2.52. The van der Waals surface area contributed by atoms with Gasteiger partial charge < -0.3 is 15.5 Å². The fourth-order valence-electron chi connectivity index (χ4n) is 3.25. The lowest BCUT2D eigenvalue weighted by molar-refractivity contribution is -0.137. The maximum Gasteiger partial charge on any atom is 0.226 e. The Bertz CT molecular complexity index is 397. The van der Waals surface area contributed by atoms with Crippen molar-refractivity contribution in [2.24, 2.45) is 17.3 Å². The molecule has 2 unspecified atom stereocenters. The summed E-state index contributed by atoms with van der Waals surface area (Å²) < 4.78 is 0. The zero-order valence-corrected chi connectivity index (χ0v) is 14.3. The first-order valence-corrected chi connectivity index (χ1v) is 8.65. The van der Waals surface area contributed by atoms with Crippen LogP contribution in [0.25, 0.3) is 0 Å². The third-order valence-corrected chi connectivity index (χ3v) is 4.71. The van der Waals surface area contributed by atoms with E-state index in [1.807, 2.05) is 25.7 Å². The molecule has 2 rings (SSSR count). The molecule has 0 aromatic heterocycles. The average molecular weight is 309 g/mol. The van der Waals surface area contributed by atoms with E-state index in [0.717, 1.165) is 51.9 Å². The number of amides is 2. The van der Waals surface area contributed by atoms with Gasteiger partial charge in [-0.2, -0.15) is 0 Å². The molecule has 0 aromatic rings. The van der Waals surface area contributed by atoms with E-state index in [2.05, 4.69) is 10.6 Å². The van der Waals surface area contributed by atoms with Gasteiger partial charge in [0.1, 0.15) is 0 Å². The summed E-state index contributed by atoms with van der Waals surface area (Å²) in [6, 6.07) is 0. The maximum atomic E-state index is 12.6. The molecule has 2 amide bonds. The third kappa shape index (κ3) is 4.70. The maximum absolute atomic E-state index is 12.6. The van der Waals surface area contributed by atoms with Gasteiger partial charge >= 0.3 is 0 Å². The van der Waals surface area contributed by atoms with Crippen LogP contribution >= 0.6 is 0 Å². The summed E-state index contributed by atoms with van der Waals surface area (Å²) in [6.07, 6.45) is 4.24. The summed E-state index contributed by atoms with van der Waals surface area (Å²) in [5.74, 6) is 0.934. The first kappa shape index (κ1) is 17.3. The van der Waals surface area contributed by atoms with Gasteiger partial charge in [-0.1, -0.05) is 20.8 Å². The predicted octanol–water partition coefficient (Wildman–Crippen LogP) is 1.39. The number of nitrogens with zero attached hydrogens (tertiary/aromatic N) is 1. The molecule has 2 atom stereocenters. The number of nitrogens with one attached hydrogen (secondary N) is 2. The van der Waals surface area contributed by atoms with E-state index >= 15 is 0 Å². The normalized spacial score (nSPS) is 26.6. The van der Waals surface area contributed by atoms with Gasteiger partial charge in [0.15, 0.2) is 0 Å². The Morgan fingerprint density at radius 3 is 2.64 bits per heavy atom. The van der Waals surface area contributed by atoms with Crippen LogP contribution in [0.4, 0.5) is 0 Å². The molecule has 22 heavy (non-hydrogen) atoms. The number of likely N-dealkylation sites (tertiary alicyclic amines) is 1. The number of hydrogen-bond acceptors (Lipinski definition) is 3. The van der Waals surface area contributed by atoms with Crippen LogP contribution in [0.3, 0.4) is 0 Å². The molecule has 5 heteroatoms. The van der Waals surface area contributed by atoms with E-state index in [1.54, 1.807) is 0 Å². The van der Waals surface area contributed by atoms with Crippen molar-refractivity contribution in [3.05, 3.63) is 0 Å². The highest BCUT2D eigenvalue weighted by molar-refractivity contribution is 5.81. The highest BCUT2D eigenvalue weighted by Crippen LogP contribution is 2.21. The van der Waals surface area contributed by atoms with E-state index in [1.165, 1.54) is 0 Å². The highest BCUT2D eigenvalue weighted by atomic mass is 16.2. The van der Waals surface area contributed by atoms with E-state index < -0.39 is 0 Å². The van der Waals surface area contributed by atoms with Gasteiger partial charge in [-0.25, -0.2) is 0 Å². The Morgan fingerprint density at radius 2 is 2.00 bits per heavy atom. The number of rotatable bonds is 3. The topological polar surface area (TPSA) is 61.4 Å². The molecule has 2 fully saturated rings. The van der Waals surface area contributed by atoms with Crippen LogP contribution in [0.1, 0.15) is 46.5 Å². The molecule has 2 saturated heterocycles. The van der Waals surface area contributed by atoms with Crippen LogP contribution in [0.5, 0.6) is 0 Å². The highest BCUT2D eigenvalue weighted by Gasteiger charge is 2.30. The molecular formula is C17H31N3O2. The number of carbonyl (C=O) groups is 2. The van der Waals surface area contributed by atoms with E-state index in [4.69, 9.17) is 0 Å². The van der Waals surface area contributed by atoms with Gasteiger partial charge in [-0.3, -0.25) is 9.59 Å². The van der Waals surface area contributed by atoms with Gasteiger partial charge in [-0.05, 0) is 38.1 Å². The molecule has 0 spiro atoms. The molecular weight excluding hydrogens is 278 g/mol. The van der Waals surface area contributed by atoms with E-state index in [9.17, 15) is 9.59 Å². The molecule has 2 aliphatic heterocycles. The molecule has 0 aliphatic carbocycles. The lowest BCUT2D eigenvalue weighted by atomic mass is 9.92. The van der Waals surface area contributed by atoms with Crippen molar-refractivity contribution in [2.75, 3.05) is 32.7 Å². The van der Waals surface area contributed by atoms with Crippen LogP contribution in [0.15, 0.2) is 0 Å².